The molecular formula is C19H29NO5. The number of carboxylic acid groups (broad SMARTS) is 1. The van der Waals surface area contributed by atoms with E-state index in [0.717, 1.165) is 18.4 Å². The molecule has 140 valence electrons. The van der Waals surface area contributed by atoms with Crippen LogP contribution in [0.5, 0.6) is 11.5 Å². The largest absolute Gasteiger partial charge is 0.493 e. The number of carboxylic acids is 1. The monoisotopic (exact) mass is 351 g/mol. The molecule has 1 aromatic rings. The van der Waals surface area contributed by atoms with E-state index in [1.165, 1.54) is 26.2 Å². The van der Waals surface area contributed by atoms with Crippen molar-refractivity contribution in [1.82, 2.24) is 5.32 Å². The maximum absolute atomic E-state index is 11.2. The number of ether oxygens (including phenoxy) is 2. The van der Waals surface area contributed by atoms with E-state index in [0.29, 0.717) is 18.1 Å². The van der Waals surface area contributed by atoms with Crippen molar-refractivity contribution in [3.63, 3.8) is 0 Å². The lowest BCUT2D eigenvalue weighted by atomic mass is 10.1. The Labute approximate surface area is 149 Å². The molecule has 6 nitrogen and oxygen atoms in total. The van der Waals surface area contributed by atoms with E-state index in [-0.39, 0.29) is 12.3 Å². The Morgan fingerprint density at radius 3 is 2.48 bits per heavy atom. The average Bonchev–Trinajstić information content (AvgIpc) is 2.57. The number of unbranched alkanes of at least 4 members (excludes halogenated alkanes) is 4. The Balaban J connectivity index is 2.64. The summed E-state index contributed by atoms with van der Waals surface area (Å²) in [5, 5.41) is 11.6. The fraction of sp³-hybridized carbons (Fsp3) is 0.579. The van der Waals surface area contributed by atoms with Gasteiger partial charge in [0.15, 0.2) is 11.5 Å². The van der Waals surface area contributed by atoms with Crippen molar-refractivity contribution >= 4 is 11.9 Å². The molecule has 0 heterocycles. The van der Waals surface area contributed by atoms with Crippen LogP contribution in [-0.2, 0) is 16.0 Å². The van der Waals surface area contributed by atoms with Crippen molar-refractivity contribution in [1.29, 1.82) is 0 Å². The first-order chi connectivity index (χ1) is 12.0. The Morgan fingerprint density at radius 1 is 1.16 bits per heavy atom. The predicted octanol–water partition coefficient (Wildman–Crippen LogP) is 3.18. The number of carbonyl (C=O) groups excluding carboxylic acids is 1. The molecule has 0 saturated heterocycles. The first-order valence-electron chi connectivity index (χ1n) is 8.77. The summed E-state index contributed by atoms with van der Waals surface area (Å²) in [4.78, 5) is 22.4. The zero-order valence-corrected chi connectivity index (χ0v) is 15.3. The summed E-state index contributed by atoms with van der Waals surface area (Å²) in [5.74, 6) is -0.227. The second kappa shape index (κ2) is 11.3. The van der Waals surface area contributed by atoms with Crippen LogP contribution in [0, 0.1) is 0 Å². The van der Waals surface area contributed by atoms with E-state index < -0.39 is 12.0 Å². The Bertz CT molecular complexity index is 559. The van der Waals surface area contributed by atoms with Crippen LogP contribution in [0.1, 0.15) is 51.5 Å². The molecule has 2 N–H and O–H groups in total. The molecule has 0 spiro atoms. The minimum Gasteiger partial charge on any atom is -0.493 e. The van der Waals surface area contributed by atoms with Crippen LogP contribution in [0.15, 0.2) is 18.2 Å². The van der Waals surface area contributed by atoms with Gasteiger partial charge in [-0.2, -0.15) is 0 Å². The molecule has 0 bridgehead atoms. The Hall–Kier alpha value is -2.24. The highest BCUT2D eigenvalue weighted by atomic mass is 16.5. The van der Waals surface area contributed by atoms with Crippen LogP contribution in [0.3, 0.4) is 0 Å². The maximum atomic E-state index is 11.2. The van der Waals surface area contributed by atoms with E-state index in [4.69, 9.17) is 9.47 Å². The topological polar surface area (TPSA) is 84.9 Å². The summed E-state index contributed by atoms with van der Waals surface area (Å²) in [6.45, 7) is 4.11. The first kappa shape index (κ1) is 20.8. The number of rotatable bonds is 12. The summed E-state index contributed by atoms with van der Waals surface area (Å²) >= 11 is 0. The van der Waals surface area contributed by atoms with E-state index >= 15 is 0 Å². The second-order valence-electron chi connectivity index (χ2n) is 6.04. The van der Waals surface area contributed by atoms with E-state index in [9.17, 15) is 14.7 Å². The quantitative estimate of drug-likeness (QED) is 0.565. The van der Waals surface area contributed by atoms with Crippen molar-refractivity contribution < 1.29 is 24.2 Å². The molecule has 1 amide bonds. The normalized spacial score (nSPS) is 11.6. The van der Waals surface area contributed by atoms with Crippen molar-refractivity contribution in [2.45, 2.75) is 58.4 Å². The second-order valence-corrected chi connectivity index (χ2v) is 6.04. The van der Waals surface area contributed by atoms with Gasteiger partial charge in [0.05, 0.1) is 13.7 Å². The third kappa shape index (κ3) is 7.92. The number of aliphatic carboxylic acids is 1. The lowest BCUT2D eigenvalue weighted by molar-refractivity contribution is -0.141. The van der Waals surface area contributed by atoms with E-state index in [1.54, 1.807) is 25.3 Å². The fourth-order valence-corrected chi connectivity index (χ4v) is 2.53. The lowest BCUT2D eigenvalue weighted by Gasteiger charge is -2.15. The Morgan fingerprint density at radius 2 is 1.88 bits per heavy atom. The molecule has 1 atom stereocenters. The summed E-state index contributed by atoms with van der Waals surface area (Å²) < 4.78 is 11.1. The smallest absolute Gasteiger partial charge is 0.326 e. The van der Waals surface area contributed by atoms with Gasteiger partial charge < -0.3 is 19.9 Å². The van der Waals surface area contributed by atoms with Gasteiger partial charge in [0.25, 0.3) is 0 Å². The number of nitrogens with one attached hydrogen (secondary N) is 1. The molecule has 0 fully saturated rings. The third-order valence-corrected chi connectivity index (χ3v) is 3.85. The minimum atomic E-state index is -1.07. The molecule has 0 aromatic heterocycles. The van der Waals surface area contributed by atoms with Crippen LogP contribution >= 0.6 is 0 Å². The van der Waals surface area contributed by atoms with Gasteiger partial charge in [0.1, 0.15) is 6.04 Å². The SMILES string of the molecule is CCCCCCCOc1ccc(CC(NC(C)=O)C(=O)O)cc1OC. The van der Waals surface area contributed by atoms with Crippen molar-refractivity contribution in [2.24, 2.45) is 0 Å². The van der Waals surface area contributed by atoms with Crippen molar-refractivity contribution in [2.75, 3.05) is 13.7 Å². The van der Waals surface area contributed by atoms with Crippen LogP contribution < -0.4 is 14.8 Å². The number of hydrogen-bond acceptors (Lipinski definition) is 4. The molecule has 1 aromatic carbocycles. The van der Waals surface area contributed by atoms with Gasteiger partial charge in [-0.3, -0.25) is 4.79 Å². The molecule has 0 radical (unpaired) electrons. The predicted molar refractivity (Wildman–Crippen MR) is 96.2 cm³/mol. The molecule has 6 heteroatoms. The molecule has 0 saturated carbocycles. The Kier molecular flexibility index (Phi) is 9.43. The van der Waals surface area contributed by atoms with Crippen LogP contribution in [0.2, 0.25) is 0 Å². The highest BCUT2D eigenvalue weighted by Crippen LogP contribution is 2.28. The summed E-state index contributed by atoms with van der Waals surface area (Å²) in [5.41, 5.74) is 0.758. The summed E-state index contributed by atoms with van der Waals surface area (Å²) in [6.07, 6.45) is 6.00. The highest BCUT2D eigenvalue weighted by Gasteiger charge is 2.19. The van der Waals surface area contributed by atoms with Crippen LogP contribution in [-0.4, -0.2) is 36.7 Å². The van der Waals surface area contributed by atoms with Crippen LogP contribution in [0.25, 0.3) is 0 Å². The van der Waals surface area contributed by atoms with Gasteiger partial charge in [-0.05, 0) is 24.1 Å². The molecule has 1 unspecified atom stereocenters. The third-order valence-electron chi connectivity index (χ3n) is 3.85. The number of carbonyl (C=O) groups is 2. The first-order valence-corrected chi connectivity index (χ1v) is 8.77. The van der Waals surface area contributed by atoms with E-state index in [2.05, 4.69) is 12.2 Å². The molecular weight excluding hydrogens is 322 g/mol. The highest BCUT2D eigenvalue weighted by molar-refractivity contribution is 5.82. The average molecular weight is 351 g/mol. The van der Waals surface area contributed by atoms with Gasteiger partial charge in [-0.1, -0.05) is 38.7 Å². The van der Waals surface area contributed by atoms with Gasteiger partial charge in [0.2, 0.25) is 5.91 Å². The summed E-state index contributed by atoms with van der Waals surface area (Å²) in [6, 6.07) is 4.37. The van der Waals surface area contributed by atoms with Crippen molar-refractivity contribution in [3.8, 4) is 11.5 Å². The number of benzene rings is 1. The molecule has 0 aliphatic carbocycles. The van der Waals surface area contributed by atoms with E-state index in [1.807, 2.05) is 0 Å². The molecule has 1 rings (SSSR count). The lowest BCUT2D eigenvalue weighted by Crippen LogP contribution is -2.41. The fourth-order valence-electron chi connectivity index (χ4n) is 2.53. The molecule has 25 heavy (non-hydrogen) atoms. The molecule has 0 aliphatic rings. The molecule has 0 aliphatic heterocycles. The standard InChI is InChI=1S/C19H29NO5/c1-4-5-6-7-8-11-25-17-10-9-15(13-18(17)24-3)12-16(19(22)23)20-14(2)21/h9-10,13,16H,4-8,11-12H2,1-3H3,(H,20,21)(H,22,23). The minimum absolute atomic E-state index is 0.183. The van der Waals surface area contributed by atoms with Gasteiger partial charge in [0, 0.05) is 13.3 Å². The maximum Gasteiger partial charge on any atom is 0.326 e. The zero-order chi connectivity index (χ0) is 18.7. The van der Waals surface area contributed by atoms with Gasteiger partial charge in [-0.25, -0.2) is 4.79 Å². The van der Waals surface area contributed by atoms with Gasteiger partial charge in [-0.15, -0.1) is 0 Å². The number of amides is 1. The van der Waals surface area contributed by atoms with Gasteiger partial charge >= 0.3 is 5.97 Å². The zero-order valence-electron chi connectivity index (χ0n) is 15.3. The number of hydrogen-bond donors (Lipinski definition) is 2. The summed E-state index contributed by atoms with van der Waals surface area (Å²) in [7, 11) is 1.55. The van der Waals surface area contributed by atoms with Crippen molar-refractivity contribution in [3.05, 3.63) is 23.8 Å². The van der Waals surface area contributed by atoms with Crippen LogP contribution in [0.4, 0.5) is 0 Å². The number of methoxy groups -OCH3 is 1.